The summed E-state index contributed by atoms with van der Waals surface area (Å²) >= 11 is 0. The molecule has 2 atom stereocenters. The van der Waals surface area contributed by atoms with E-state index in [2.05, 4.69) is 14.9 Å². The SMILES string of the molecule is CCn1cc([C@H]2OCC[C@@H]2NS(=O)(=O)c2ccnn2C)cn1. The third kappa shape index (κ3) is 2.79. The molecule has 0 spiro atoms. The van der Waals surface area contributed by atoms with Crippen LogP contribution in [-0.2, 0) is 28.4 Å². The number of nitrogens with one attached hydrogen (secondary N) is 1. The number of ether oxygens (including phenoxy) is 1. The van der Waals surface area contributed by atoms with Crippen molar-refractivity contribution in [1.29, 1.82) is 0 Å². The average Bonchev–Trinajstić information content (AvgIpc) is 3.17. The van der Waals surface area contributed by atoms with Gasteiger partial charge in [-0.05, 0) is 19.4 Å². The van der Waals surface area contributed by atoms with Gasteiger partial charge in [0.1, 0.15) is 6.10 Å². The molecule has 0 aromatic carbocycles. The molecule has 3 rings (SSSR count). The minimum Gasteiger partial charge on any atom is -0.372 e. The highest BCUT2D eigenvalue weighted by molar-refractivity contribution is 7.89. The third-order valence-electron chi connectivity index (χ3n) is 3.76. The van der Waals surface area contributed by atoms with Gasteiger partial charge in [0.15, 0.2) is 5.03 Å². The smallest absolute Gasteiger partial charge is 0.258 e. The molecule has 0 amide bonds. The molecule has 2 aromatic heterocycles. The molecular weight excluding hydrogens is 306 g/mol. The van der Waals surface area contributed by atoms with Gasteiger partial charge in [0.25, 0.3) is 10.0 Å². The predicted octanol–water partition coefficient (Wildman–Crippen LogP) is 0.445. The molecule has 0 aliphatic carbocycles. The Morgan fingerprint density at radius 2 is 2.27 bits per heavy atom. The molecular formula is C13H19N5O3S. The van der Waals surface area contributed by atoms with E-state index in [1.54, 1.807) is 17.9 Å². The summed E-state index contributed by atoms with van der Waals surface area (Å²) in [5.74, 6) is 0. The summed E-state index contributed by atoms with van der Waals surface area (Å²) in [6.07, 6.45) is 5.39. The van der Waals surface area contributed by atoms with Crippen LogP contribution in [0.5, 0.6) is 0 Å². The maximum Gasteiger partial charge on any atom is 0.258 e. The van der Waals surface area contributed by atoms with E-state index in [-0.39, 0.29) is 17.2 Å². The van der Waals surface area contributed by atoms with Crippen molar-refractivity contribution >= 4 is 10.0 Å². The third-order valence-corrected chi connectivity index (χ3v) is 5.32. The van der Waals surface area contributed by atoms with Gasteiger partial charge in [-0.25, -0.2) is 13.1 Å². The highest BCUT2D eigenvalue weighted by Gasteiger charge is 2.34. The van der Waals surface area contributed by atoms with Crippen LogP contribution >= 0.6 is 0 Å². The number of aryl methyl sites for hydroxylation is 2. The van der Waals surface area contributed by atoms with Gasteiger partial charge in [0, 0.05) is 32.0 Å². The Morgan fingerprint density at radius 1 is 1.45 bits per heavy atom. The molecule has 2 aromatic rings. The summed E-state index contributed by atoms with van der Waals surface area (Å²) in [4.78, 5) is 0. The van der Waals surface area contributed by atoms with Crippen molar-refractivity contribution in [2.45, 2.75) is 37.1 Å². The molecule has 3 heterocycles. The molecule has 0 unspecified atom stereocenters. The van der Waals surface area contributed by atoms with E-state index < -0.39 is 10.0 Å². The van der Waals surface area contributed by atoms with E-state index in [1.807, 2.05) is 13.1 Å². The maximum absolute atomic E-state index is 12.5. The lowest BCUT2D eigenvalue weighted by Gasteiger charge is -2.18. The average molecular weight is 325 g/mol. The van der Waals surface area contributed by atoms with Gasteiger partial charge in [0.05, 0.1) is 18.4 Å². The Kier molecular flexibility index (Phi) is 4.02. The number of sulfonamides is 1. The number of rotatable bonds is 5. The molecule has 0 bridgehead atoms. The van der Waals surface area contributed by atoms with Gasteiger partial charge in [-0.3, -0.25) is 9.36 Å². The first kappa shape index (κ1) is 15.2. The van der Waals surface area contributed by atoms with Crippen molar-refractivity contribution in [1.82, 2.24) is 24.3 Å². The van der Waals surface area contributed by atoms with Crippen LogP contribution in [0.2, 0.25) is 0 Å². The zero-order valence-electron chi connectivity index (χ0n) is 12.5. The lowest BCUT2D eigenvalue weighted by atomic mass is 10.1. The number of hydrogen-bond acceptors (Lipinski definition) is 5. The minimum atomic E-state index is -3.63. The molecule has 22 heavy (non-hydrogen) atoms. The van der Waals surface area contributed by atoms with Crippen LogP contribution in [0.4, 0.5) is 0 Å². The summed E-state index contributed by atoms with van der Waals surface area (Å²) in [5, 5.41) is 8.26. The van der Waals surface area contributed by atoms with E-state index in [4.69, 9.17) is 4.74 Å². The molecule has 1 aliphatic rings. The first-order valence-corrected chi connectivity index (χ1v) is 8.64. The molecule has 0 saturated carbocycles. The molecule has 1 saturated heterocycles. The topological polar surface area (TPSA) is 91.0 Å². The summed E-state index contributed by atoms with van der Waals surface area (Å²) < 4.78 is 36.5. The summed E-state index contributed by atoms with van der Waals surface area (Å²) in [6.45, 7) is 3.27. The first-order chi connectivity index (χ1) is 10.5. The molecule has 120 valence electrons. The summed E-state index contributed by atoms with van der Waals surface area (Å²) in [5.41, 5.74) is 0.886. The highest BCUT2D eigenvalue weighted by Crippen LogP contribution is 2.30. The van der Waals surface area contributed by atoms with Crippen molar-refractivity contribution in [2.75, 3.05) is 6.61 Å². The fraction of sp³-hybridized carbons (Fsp3) is 0.538. The predicted molar refractivity (Wildman–Crippen MR) is 78.5 cm³/mol. The van der Waals surface area contributed by atoms with Crippen LogP contribution in [0.1, 0.15) is 25.0 Å². The normalized spacial score (nSPS) is 22.3. The van der Waals surface area contributed by atoms with E-state index in [0.717, 1.165) is 12.1 Å². The van der Waals surface area contributed by atoms with Gasteiger partial charge in [0.2, 0.25) is 0 Å². The second-order valence-corrected chi connectivity index (χ2v) is 6.89. The lowest BCUT2D eigenvalue weighted by molar-refractivity contribution is 0.102. The van der Waals surface area contributed by atoms with Crippen molar-refractivity contribution in [2.24, 2.45) is 7.05 Å². The highest BCUT2D eigenvalue weighted by atomic mass is 32.2. The van der Waals surface area contributed by atoms with Crippen molar-refractivity contribution in [3.05, 3.63) is 30.2 Å². The monoisotopic (exact) mass is 325 g/mol. The zero-order valence-corrected chi connectivity index (χ0v) is 13.3. The van der Waals surface area contributed by atoms with Crippen LogP contribution < -0.4 is 4.72 Å². The van der Waals surface area contributed by atoms with Crippen molar-refractivity contribution < 1.29 is 13.2 Å². The molecule has 1 aliphatic heterocycles. The van der Waals surface area contributed by atoms with Gasteiger partial charge >= 0.3 is 0 Å². The van der Waals surface area contributed by atoms with Crippen LogP contribution in [0.25, 0.3) is 0 Å². The van der Waals surface area contributed by atoms with Crippen LogP contribution in [0.15, 0.2) is 29.7 Å². The quantitative estimate of drug-likeness (QED) is 0.861. The largest absolute Gasteiger partial charge is 0.372 e. The van der Waals surface area contributed by atoms with Crippen LogP contribution in [-0.4, -0.2) is 40.6 Å². The Labute approximate surface area is 129 Å². The van der Waals surface area contributed by atoms with E-state index in [0.29, 0.717) is 13.0 Å². The van der Waals surface area contributed by atoms with Gasteiger partial charge in [-0.15, -0.1) is 0 Å². The maximum atomic E-state index is 12.5. The summed E-state index contributed by atoms with van der Waals surface area (Å²) in [6, 6.07) is 1.16. The molecule has 9 heteroatoms. The second-order valence-electron chi connectivity index (χ2n) is 5.23. The first-order valence-electron chi connectivity index (χ1n) is 7.15. The van der Waals surface area contributed by atoms with Crippen molar-refractivity contribution in [3.8, 4) is 0 Å². The Hall–Kier alpha value is -1.71. The molecule has 1 N–H and O–H groups in total. The Balaban J connectivity index is 1.80. The lowest BCUT2D eigenvalue weighted by Crippen LogP contribution is -2.37. The number of aromatic nitrogens is 4. The minimum absolute atomic E-state index is 0.141. The molecule has 8 nitrogen and oxygen atoms in total. The summed E-state index contributed by atoms with van der Waals surface area (Å²) in [7, 11) is -2.03. The number of hydrogen-bond donors (Lipinski definition) is 1. The Bertz CT molecular complexity index is 751. The van der Waals surface area contributed by atoms with E-state index >= 15 is 0 Å². The molecule has 0 radical (unpaired) electrons. The Morgan fingerprint density at radius 3 is 2.91 bits per heavy atom. The standard InChI is InChI=1S/C13H19N5O3S/c1-3-18-9-10(8-15-18)13-11(5-7-21-13)16-22(19,20)12-4-6-14-17(12)2/h4,6,8-9,11,13,16H,3,5,7H2,1-2H3/t11-,13+/m0/s1. The molecule has 1 fully saturated rings. The zero-order chi connectivity index (χ0) is 15.7. The van der Waals surface area contributed by atoms with E-state index in [1.165, 1.54) is 16.9 Å². The van der Waals surface area contributed by atoms with Crippen LogP contribution in [0.3, 0.4) is 0 Å². The van der Waals surface area contributed by atoms with Crippen LogP contribution in [0, 0.1) is 0 Å². The second kappa shape index (κ2) is 5.82. The van der Waals surface area contributed by atoms with Gasteiger partial charge in [-0.2, -0.15) is 10.2 Å². The number of nitrogens with zero attached hydrogens (tertiary/aromatic N) is 4. The van der Waals surface area contributed by atoms with E-state index in [9.17, 15) is 8.42 Å². The van der Waals surface area contributed by atoms with Gasteiger partial charge in [-0.1, -0.05) is 0 Å². The van der Waals surface area contributed by atoms with Crippen molar-refractivity contribution in [3.63, 3.8) is 0 Å². The van der Waals surface area contributed by atoms with Gasteiger partial charge < -0.3 is 4.74 Å². The fourth-order valence-electron chi connectivity index (χ4n) is 2.62. The fourth-order valence-corrected chi connectivity index (χ4v) is 4.02.